The van der Waals surface area contributed by atoms with Gasteiger partial charge in [0.15, 0.2) is 0 Å². The molecule has 1 heterocycles. The van der Waals surface area contributed by atoms with E-state index in [1.807, 2.05) is 0 Å². The van der Waals surface area contributed by atoms with Gasteiger partial charge in [0.05, 0.1) is 12.7 Å². The topological polar surface area (TPSA) is 21.3 Å². The number of hydrogen-bond acceptors (Lipinski definition) is 2. The van der Waals surface area contributed by atoms with Crippen molar-refractivity contribution in [2.45, 2.75) is 57.2 Å². The van der Waals surface area contributed by atoms with Crippen LogP contribution in [-0.2, 0) is 11.3 Å². The maximum Gasteiger partial charge on any atom is 0.0720 e. The highest BCUT2D eigenvalue weighted by atomic mass is 16.5. The summed E-state index contributed by atoms with van der Waals surface area (Å²) in [5.41, 5.74) is 2.91. The average molecular weight is 285 g/mol. The Kier molecular flexibility index (Phi) is 4.00. The third-order valence-electron chi connectivity index (χ3n) is 5.87. The van der Waals surface area contributed by atoms with E-state index in [0.29, 0.717) is 6.10 Å². The van der Waals surface area contributed by atoms with Crippen LogP contribution in [0.2, 0.25) is 0 Å². The highest BCUT2D eigenvalue weighted by Gasteiger charge is 2.37. The Balaban J connectivity index is 1.33. The molecule has 0 unspecified atom stereocenters. The molecule has 0 radical (unpaired) electrons. The summed E-state index contributed by atoms with van der Waals surface area (Å²) in [5, 5.41) is 3.50. The first-order valence-electron chi connectivity index (χ1n) is 8.79. The van der Waals surface area contributed by atoms with Gasteiger partial charge in [0, 0.05) is 0 Å². The first-order chi connectivity index (χ1) is 10.4. The predicted octanol–water partition coefficient (Wildman–Crippen LogP) is 3.86. The van der Waals surface area contributed by atoms with Gasteiger partial charge in [-0.15, -0.1) is 0 Å². The van der Waals surface area contributed by atoms with Gasteiger partial charge in [-0.25, -0.2) is 0 Å². The zero-order chi connectivity index (χ0) is 14.1. The second kappa shape index (κ2) is 6.10. The molecule has 2 aliphatic carbocycles. The molecule has 0 aromatic heterocycles. The van der Waals surface area contributed by atoms with Gasteiger partial charge in [0.2, 0.25) is 0 Å². The van der Waals surface area contributed by atoms with Crippen molar-refractivity contribution in [3.8, 4) is 0 Å². The number of ether oxygens (including phenoxy) is 1. The Morgan fingerprint density at radius 1 is 1.05 bits per heavy atom. The van der Waals surface area contributed by atoms with E-state index in [1.54, 1.807) is 5.56 Å². The summed E-state index contributed by atoms with van der Waals surface area (Å²) in [4.78, 5) is 0. The van der Waals surface area contributed by atoms with Crippen molar-refractivity contribution in [1.29, 1.82) is 0 Å². The Bertz CT molecular complexity index is 468. The van der Waals surface area contributed by atoms with Crippen LogP contribution in [0.25, 0.3) is 0 Å². The third-order valence-corrected chi connectivity index (χ3v) is 5.87. The predicted molar refractivity (Wildman–Crippen MR) is 85.3 cm³/mol. The van der Waals surface area contributed by atoms with E-state index in [4.69, 9.17) is 4.74 Å². The standard InChI is InChI=1S/C19H27NO/c1-2-6-15(5-1)16-7-3-4-14(8-16)13-21-19-9-17-11-20-12-18(17)10-19/h3-4,7-8,15,17-20H,1-2,5-6,9-13H2/t17-,18-/m1/s1. The summed E-state index contributed by atoms with van der Waals surface area (Å²) in [6, 6.07) is 9.16. The monoisotopic (exact) mass is 285 g/mol. The molecule has 3 fully saturated rings. The van der Waals surface area contributed by atoms with Crippen LogP contribution in [0.15, 0.2) is 24.3 Å². The van der Waals surface area contributed by atoms with Crippen LogP contribution in [0.5, 0.6) is 0 Å². The normalized spacial score (nSPS) is 30.1. The quantitative estimate of drug-likeness (QED) is 0.907. The number of rotatable bonds is 4. The molecule has 0 bridgehead atoms. The van der Waals surface area contributed by atoms with Crippen molar-refractivity contribution in [2.75, 3.05) is 13.1 Å². The van der Waals surface area contributed by atoms with Gasteiger partial charge in [-0.2, -0.15) is 0 Å². The maximum absolute atomic E-state index is 6.22. The Morgan fingerprint density at radius 2 is 1.81 bits per heavy atom. The number of benzene rings is 1. The zero-order valence-electron chi connectivity index (χ0n) is 12.9. The molecule has 4 rings (SSSR count). The first kappa shape index (κ1) is 13.8. The van der Waals surface area contributed by atoms with Crippen LogP contribution in [0, 0.1) is 11.8 Å². The molecular formula is C19H27NO. The second-order valence-electron chi connectivity index (χ2n) is 7.31. The van der Waals surface area contributed by atoms with Crippen molar-refractivity contribution in [3.05, 3.63) is 35.4 Å². The lowest BCUT2D eigenvalue weighted by Crippen LogP contribution is -2.16. The fraction of sp³-hybridized carbons (Fsp3) is 0.684. The summed E-state index contributed by atoms with van der Waals surface area (Å²) < 4.78 is 6.22. The van der Waals surface area contributed by atoms with Gasteiger partial charge < -0.3 is 10.1 Å². The SMILES string of the molecule is c1cc(COC2C[C@@H]3CNC[C@H]3C2)cc(C2CCCC2)c1. The molecule has 1 saturated heterocycles. The summed E-state index contributed by atoms with van der Waals surface area (Å²) in [7, 11) is 0. The molecule has 3 aliphatic rings. The number of fused-ring (bicyclic) bond motifs is 1. The van der Waals surface area contributed by atoms with E-state index in [-0.39, 0.29) is 0 Å². The molecule has 2 heteroatoms. The molecule has 0 amide bonds. The van der Waals surface area contributed by atoms with E-state index in [9.17, 15) is 0 Å². The molecule has 2 saturated carbocycles. The van der Waals surface area contributed by atoms with E-state index < -0.39 is 0 Å². The van der Waals surface area contributed by atoms with E-state index in [1.165, 1.54) is 57.2 Å². The van der Waals surface area contributed by atoms with Crippen molar-refractivity contribution in [2.24, 2.45) is 11.8 Å². The molecule has 0 spiro atoms. The largest absolute Gasteiger partial charge is 0.374 e. The van der Waals surface area contributed by atoms with Crippen molar-refractivity contribution in [1.82, 2.24) is 5.32 Å². The van der Waals surface area contributed by atoms with Crippen molar-refractivity contribution < 1.29 is 4.74 Å². The minimum Gasteiger partial charge on any atom is -0.374 e. The molecule has 114 valence electrons. The smallest absolute Gasteiger partial charge is 0.0720 e. The van der Waals surface area contributed by atoms with Gasteiger partial charge in [-0.3, -0.25) is 0 Å². The fourth-order valence-electron chi connectivity index (χ4n) is 4.66. The Morgan fingerprint density at radius 3 is 2.57 bits per heavy atom. The van der Waals surface area contributed by atoms with Gasteiger partial charge in [-0.05, 0) is 67.7 Å². The van der Waals surface area contributed by atoms with Crippen molar-refractivity contribution >= 4 is 0 Å². The van der Waals surface area contributed by atoms with E-state index >= 15 is 0 Å². The van der Waals surface area contributed by atoms with Crippen molar-refractivity contribution in [3.63, 3.8) is 0 Å². The molecule has 1 aliphatic heterocycles. The van der Waals surface area contributed by atoms with E-state index in [0.717, 1.165) is 24.4 Å². The first-order valence-corrected chi connectivity index (χ1v) is 8.79. The lowest BCUT2D eigenvalue weighted by atomic mass is 9.96. The fourth-order valence-corrected chi connectivity index (χ4v) is 4.66. The minimum atomic E-state index is 0.497. The second-order valence-corrected chi connectivity index (χ2v) is 7.31. The summed E-state index contributed by atoms with van der Waals surface area (Å²) in [6.07, 6.45) is 8.60. The van der Waals surface area contributed by atoms with Gasteiger partial charge in [0.25, 0.3) is 0 Å². The van der Waals surface area contributed by atoms with Crippen LogP contribution < -0.4 is 5.32 Å². The molecular weight excluding hydrogens is 258 g/mol. The van der Waals surface area contributed by atoms with Gasteiger partial charge >= 0.3 is 0 Å². The maximum atomic E-state index is 6.22. The van der Waals surface area contributed by atoms with Crippen LogP contribution in [-0.4, -0.2) is 19.2 Å². The van der Waals surface area contributed by atoms with Gasteiger partial charge in [0.1, 0.15) is 0 Å². The summed E-state index contributed by atoms with van der Waals surface area (Å²) in [6.45, 7) is 3.22. The third kappa shape index (κ3) is 3.02. The lowest BCUT2D eigenvalue weighted by molar-refractivity contribution is 0.0404. The Labute approximate surface area is 128 Å². The van der Waals surface area contributed by atoms with Crippen LogP contribution in [0.3, 0.4) is 0 Å². The molecule has 2 nitrogen and oxygen atoms in total. The highest BCUT2D eigenvalue weighted by molar-refractivity contribution is 5.26. The van der Waals surface area contributed by atoms with Crippen LogP contribution in [0.1, 0.15) is 55.6 Å². The summed E-state index contributed by atoms with van der Waals surface area (Å²) in [5.74, 6) is 2.56. The molecule has 21 heavy (non-hydrogen) atoms. The number of hydrogen-bond donors (Lipinski definition) is 1. The molecule has 2 atom stereocenters. The lowest BCUT2D eigenvalue weighted by Gasteiger charge is -2.15. The van der Waals surface area contributed by atoms with Crippen LogP contribution >= 0.6 is 0 Å². The summed E-state index contributed by atoms with van der Waals surface area (Å²) >= 11 is 0. The van der Waals surface area contributed by atoms with E-state index in [2.05, 4.69) is 29.6 Å². The van der Waals surface area contributed by atoms with Gasteiger partial charge in [-0.1, -0.05) is 37.1 Å². The minimum absolute atomic E-state index is 0.497. The molecule has 1 N–H and O–H groups in total. The highest BCUT2D eigenvalue weighted by Crippen LogP contribution is 2.37. The number of nitrogens with one attached hydrogen (secondary N) is 1. The molecule has 1 aromatic carbocycles. The Hall–Kier alpha value is -0.860. The zero-order valence-corrected chi connectivity index (χ0v) is 12.9. The average Bonchev–Trinajstić information content (AvgIpc) is 3.22. The van der Waals surface area contributed by atoms with Crippen LogP contribution in [0.4, 0.5) is 0 Å². The molecule has 1 aromatic rings.